The third kappa shape index (κ3) is 2.57. The average Bonchev–Trinajstić information content (AvgIpc) is 2.73. The van der Waals surface area contributed by atoms with Crippen LogP contribution in [0, 0.1) is 11.8 Å². The summed E-state index contributed by atoms with van der Waals surface area (Å²) in [5, 5.41) is 6.97. The van der Waals surface area contributed by atoms with Gasteiger partial charge in [-0.25, -0.2) is 0 Å². The predicted octanol–water partition coefficient (Wildman–Crippen LogP) is 3.17. The lowest BCUT2D eigenvalue weighted by Crippen LogP contribution is -2.22. The third-order valence-electron chi connectivity index (χ3n) is 3.89. The number of hydrogen-bond donors (Lipinski definition) is 1. The second-order valence-electron chi connectivity index (χ2n) is 5.29. The van der Waals surface area contributed by atoms with Crippen molar-refractivity contribution >= 4 is 11.8 Å². The Morgan fingerprint density at radius 3 is 2.89 bits per heavy atom. The van der Waals surface area contributed by atoms with E-state index >= 15 is 0 Å². The molecule has 1 amide bonds. The van der Waals surface area contributed by atoms with Crippen molar-refractivity contribution in [2.45, 2.75) is 52.9 Å². The molecule has 1 aliphatic rings. The maximum absolute atomic E-state index is 12.0. The van der Waals surface area contributed by atoms with E-state index in [1.807, 2.05) is 13.8 Å². The molecule has 0 aromatic carbocycles. The van der Waals surface area contributed by atoms with Crippen molar-refractivity contribution in [2.75, 3.05) is 5.32 Å². The van der Waals surface area contributed by atoms with Gasteiger partial charge in [0, 0.05) is 11.5 Å². The summed E-state index contributed by atoms with van der Waals surface area (Å²) in [4.78, 5) is 12.0. The van der Waals surface area contributed by atoms with Gasteiger partial charge in [-0.3, -0.25) is 10.1 Å². The summed E-state index contributed by atoms with van der Waals surface area (Å²) < 4.78 is 5.29. The van der Waals surface area contributed by atoms with Gasteiger partial charge in [0.15, 0.2) is 0 Å². The summed E-state index contributed by atoms with van der Waals surface area (Å²) in [6.45, 7) is 6.29. The molecule has 0 saturated carbocycles. The van der Waals surface area contributed by atoms with Crippen LogP contribution >= 0.6 is 0 Å². The fourth-order valence-electron chi connectivity index (χ4n) is 2.55. The Balaban J connectivity index is 2.11. The summed E-state index contributed by atoms with van der Waals surface area (Å²) in [6, 6.07) is 0. The minimum atomic E-state index is 0.0529. The van der Waals surface area contributed by atoms with Gasteiger partial charge in [-0.2, -0.15) is 0 Å². The summed E-state index contributed by atoms with van der Waals surface area (Å²) in [5.41, 5.74) is 2.13. The molecule has 0 bridgehead atoms. The van der Waals surface area contributed by atoms with Gasteiger partial charge in [0.2, 0.25) is 11.8 Å². The molecule has 18 heavy (non-hydrogen) atoms. The number of carbonyl (C=O) groups is 1. The first-order chi connectivity index (χ1) is 8.65. The van der Waals surface area contributed by atoms with Gasteiger partial charge in [0.1, 0.15) is 0 Å². The van der Waals surface area contributed by atoms with Crippen LogP contribution in [0.2, 0.25) is 0 Å². The standard InChI is InChI=1S/C14H22N2O2/c1-4-10(5-2)13(17)15-14-11-8-9(3)6-7-12(11)16-18-14/h9-10H,4-8H2,1-3H3,(H,15,17). The molecule has 0 fully saturated rings. The molecular weight excluding hydrogens is 228 g/mol. The van der Waals surface area contributed by atoms with Crippen molar-refractivity contribution in [1.29, 1.82) is 0 Å². The fraction of sp³-hybridized carbons (Fsp3) is 0.714. The van der Waals surface area contributed by atoms with E-state index in [0.29, 0.717) is 11.8 Å². The SMILES string of the molecule is CCC(CC)C(=O)Nc1onc2c1CC(C)CC2. The molecule has 1 unspecified atom stereocenters. The monoisotopic (exact) mass is 250 g/mol. The van der Waals surface area contributed by atoms with Gasteiger partial charge >= 0.3 is 0 Å². The van der Waals surface area contributed by atoms with E-state index in [1.165, 1.54) is 0 Å². The maximum Gasteiger partial charge on any atom is 0.234 e. The Morgan fingerprint density at radius 1 is 1.50 bits per heavy atom. The lowest BCUT2D eigenvalue weighted by molar-refractivity contribution is -0.120. The van der Waals surface area contributed by atoms with Crippen LogP contribution in [0.5, 0.6) is 0 Å². The average molecular weight is 250 g/mol. The first-order valence-electron chi connectivity index (χ1n) is 6.93. The zero-order valence-electron chi connectivity index (χ0n) is 11.5. The van der Waals surface area contributed by atoms with E-state index in [4.69, 9.17) is 4.52 Å². The lowest BCUT2D eigenvalue weighted by Gasteiger charge is -2.17. The quantitative estimate of drug-likeness (QED) is 0.893. The number of nitrogens with one attached hydrogen (secondary N) is 1. The number of anilines is 1. The van der Waals surface area contributed by atoms with Gasteiger partial charge in [0.25, 0.3) is 0 Å². The first kappa shape index (κ1) is 13.1. The van der Waals surface area contributed by atoms with Gasteiger partial charge in [-0.15, -0.1) is 0 Å². The number of fused-ring (bicyclic) bond motifs is 1. The molecule has 1 aromatic rings. The molecule has 1 heterocycles. The van der Waals surface area contributed by atoms with Crippen LogP contribution in [0.1, 0.15) is 51.3 Å². The molecule has 1 N–H and O–H groups in total. The van der Waals surface area contributed by atoms with Gasteiger partial charge in [-0.05, 0) is 38.0 Å². The molecule has 2 rings (SSSR count). The minimum Gasteiger partial charge on any atom is -0.338 e. The molecule has 4 heteroatoms. The topological polar surface area (TPSA) is 55.1 Å². The molecule has 1 aromatic heterocycles. The van der Waals surface area contributed by atoms with E-state index in [2.05, 4.69) is 17.4 Å². The van der Waals surface area contributed by atoms with Crippen LogP contribution in [-0.2, 0) is 17.6 Å². The van der Waals surface area contributed by atoms with E-state index in [-0.39, 0.29) is 11.8 Å². The summed E-state index contributed by atoms with van der Waals surface area (Å²) in [7, 11) is 0. The molecule has 4 nitrogen and oxygen atoms in total. The zero-order chi connectivity index (χ0) is 13.1. The highest BCUT2D eigenvalue weighted by atomic mass is 16.5. The second-order valence-corrected chi connectivity index (χ2v) is 5.29. The van der Waals surface area contributed by atoms with Crippen LogP contribution in [0.25, 0.3) is 0 Å². The molecule has 0 saturated heterocycles. The lowest BCUT2D eigenvalue weighted by atomic mass is 9.89. The highest BCUT2D eigenvalue weighted by Crippen LogP contribution is 2.30. The predicted molar refractivity (Wildman–Crippen MR) is 70.4 cm³/mol. The Hall–Kier alpha value is -1.32. The molecular formula is C14H22N2O2. The molecule has 0 spiro atoms. The largest absolute Gasteiger partial charge is 0.338 e. The minimum absolute atomic E-state index is 0.0529. The number of hydrogen-bond acceptors (Lipinski definition) is 3. The summed E-state index contributed by atoms with van der Waals surface area (Å²) in [6.07, 6.45) is 4.78. The number of rotatable bonds is 4. The smallest absolute Gasteiger partial charge is 0.234 e. The van der Waals surface area contributed by atoms with Crippen LogP contribution in [0.4, 0.5) is 5.88 Å². The van der Waals surface area contributed by atoms with E-state index in [0.717, 1.165) is 43.4 Å². The van der Waals surface area contributed by atoms with E-state index in [1.54, 1.807) is 0 Å². The van der Waals surface area contributed by atoms with Crippen molar-refractivity contribution in [1.82, 2.24) is 5.16 Å². The fourth-order valence-corrected chi connectivity index (χ4v) is 2.55. The number of amides is 1. The number of nitrogens with zero attached hydrogens (tertiary/aromatic N) is 1. The molecule has 0 aliphatic heterocycles. The van der Waals surface area contributed by atoms with Crippen molar-refractivity contribution in [2.24, 2.45) is 11.8 Å². The Bertz CT molecular complexity index is 421. The van der Waals surface area contributed by atoms with Gasteiger partial charge in [-0.1, -0.05) is 25.9 Å². The molecule has 0 radical (unpaired) electrons. The van der Waals surface area contributed by atoms with Crippen molar-refractivity contribution < 1.29 is 9.32 Å². The number of carbonyl (C=O) groups excluding carboxylic acids is 1. The van der Waals surface area contributed by atoms with Gasteiger partial charge in [0.05, 0.1) is 5.69 Å². The van der Waals surface area contributed by atoms with Crippen molar-refractivity contribution in [3.8, 4) is 0 Å². The van der Waals surface area contributed by atoms with Crippen LogP contribution < -0.4 is 5.32 Å². The zero-order valence-corrected chi connectivity index (χ0v) is 11.5. The first-order valence-corrected chi connectivity index (χ1v) is 6.93. The maximum atomic E-state index is 12.0. The van der Waals surface area contributed by atoms with Crippen LogP contribution in [0.3, 0.4) is 0 Å². The van der Waals surface area contributed by atoms with E-state index in [9.17, 15) is 4.79 Å². The Kier molecular flexibility index (Phi) is 4.04. The number of aromatic nitrogens is 1. The summed E-state index contributed by atoms with van der Waals surface area (Å²) >= 11 is 0. The highest BCUT2D eigenvalue weighted by Gasteiger charge is 2.25. The highest BCUT2D eigenvalue weighted by molar-refractivity contribution is 5.91. The normalized spacial score (nSPS) is 18.8. The third-order valence-corrected chi connectivity index (χ3v) is 3.89. The van der Waals surface area contributed by atoms with Gasteiger partial charge < -0.3 is 4.52 Å². The Morgan fingerprint density at radius 2 is 2.22 bits per heavy atom. The van der Waals surface area contributed by atoms with Crippen molar-refractivity contribution in [3.05, 3.63) is 11.3 Å². The molecule has 100 valence electrons. The van der Waals surface area contributed by atoms with Crippen molar-refractivity contribution in [3.63, 3.8) is 0 Å². The second kappa shape index (κ2) is 5.55. The van der Waals surface area contributed by atoms with Crippen LogP contribution in [0.15, 0.2) is 4.52 Å². The summed E-state index contributed by atoms with van der Waals surface area (Å²) in [5.74, 6) is 1.33. The van der Waals surface area contributed by atoms with Crippen LogP contribution in [-0.4, -0.2) is 11.1 Å². The Labute approximate surface area is 108 Å². The number of aryl methyl sites for hydroxylation is 1. The molecule has 1 aliphatic carbocycles. The van der Waals surface area contributed by atoms with E-state index < -0.39 is 0 Å². The molecule has 1 atom stereocenters.